The van der Waals surface area contributed by atoms with Crippen LogP contribution in [0.15, 0.2) is 24.3 Å². The standard InChI is InChI=1S/C13H14N2O5S/c1-20-11(17)6-10-12(18)15(13(19)21-10)7-14-8-3-2-4-9(16)5-8/h2-5,10,14,16H,6-7H2,1H3. The van der Waals surface area contributed by atoms with E-state index in [1.165, 1.54) is 19.2 Å². The predicted octanol–water partition coefficient (Wildman–Crippen LogP) is 1.39. The summed E-state index contributed by atoms with van der Waals surface area (Å²) in [6, 6.07) is 6.33. The lowest BCUT2D eigenvalue weighted by molar-refractivity contribution is -0.142. The van der Waals surface area contributed by atoms with Gasteiger partial charge in [0, 0.05) is 11.8 Å². The molecule has 1 heterocycles. The zero-order chi connectivity index (χ0) is 15.4. The second kappa shape index (κ2) is 6.49. The van der Waals surface area contributed by atoms with E-state index in [0.717, 1.165) is 16.7 Å². The summed E-state index contributed by atoms with van der Waals surface area (Å²) < 4.78 is 4.50. The topological polar surface area (TPSA) is 95.9 Å². The lowest BCUT2D eigenvalue weighted by atomic mass is 10.3. The van der Waals surface area contributed by atoms with Gasteiger partial charge in [-0.25, -0.2) is 0 Å². The van der Waals surface area contributed by atoms with Crippen LogP contribution in [0.4, 0.5) is 10.5 Å². The number of methoxy groups -OCH3 is 1. The molecule has 1 fully saturated rings. The summed E-state index contributed by atoms with van der Waals surface area (Å²) >= 11 is 0.811. The molecule has 0 bridgehead atoms. The molecule has 1 aromatic carbocycles. The van der Waals surface area contributed by atoms with E-state index >= 15 is 0 Å². The molecule has 0 saturated carbocycles. The highest BCUT2D eigenvalue weighted by Crippen LogP contribution is 2.29. The van der Waals surface area contributed by atoms with Gasteiger partial charge in [0.2, 0.25) is 5.91 Å². The van der Waals surface area contributed by atoms with E-state index < -0.39 is 22.4 Å². The number of benzene rings is 1. The average Bonchev–Trinajstić information content (AvgIpc) is 2.71. The fourth-order valence-electron chi connectivity index (χ4n) is 1.79. The summed E-state index contributed by atoms with van der Waals surface area (Å²) in [4.78, 5) is 36.0. The third kappa shape index (κ3) is 3.66. The van der Waals surface area contributed by atoms with Crippen molar-refractivity contribution in [2.45, 2.75) is 11.7 Å². The fraction of sp³-hybridized carbons (Fsp3) is 0.308. The number of nitrogens with one attached hydrogen (secondary N) is 1. The molecule has 0 aliphatic carbocycles. The predicted molar refractivity (Wildman–Crippen MR) is 76.9 cm³/mol. The summed E-state index contributed by atoms with van der Waals surface area (Å²) in [5, 5.41) is 11.1. The number of rotatable bonds is 5. The molecule has 112 valence electrons. The summed E-state index contributed by atoms with van der Waals surface area (Å²) in [6.07, 6.45) is -0.131. The highest BCUT2D eigenvalue weighted by molar-refractivity contribution is 8.15. The molecule has 0 radical (unpaired) electrons. The van der Waals surface area contributed by atoms with Crippen molar-refractivity contribution in [2.24, 2.45) is 0 Å². The van der Waals surface area contributed by atoms with Crippen LogP contribution in [0.25, 0.3) is 0 Å². The van der Waals surface area contributed by atoms with Crippen molar-refractivity contribution in [3.8, 4) is 5.75 Å². The smallest absolute Gasteiger partial charge is 0.307 e. The van der Waals surface area contributed by atoms with Gasteiger partial charge < -0.3 is 15.2 Å². The molecule has 1 saturated heterocycles. The number of ether oxygens (including phenoxy) is 1. The molecule has 2 amide bonds. The van der Waals surface area contributed by atoms with Crippen molar-refractivity contribution >= 4 is 34.6 Å². The van der Waals surface area contributed by atoms with Crippen LogP contribution >= 0.6 is 11.8 Å². The van der Waals surface area contributed by atoms with Gasteiger partial charge in [0.1, 0.15) is 11.0 Å². The first-order valence-electron chi connectivity index (χ1n) is 6.13. The third-order valence-electron chi connectivity index (χ3n) is 2.87. The van der Waals surface area contributed by atoms with Crippen molar-refractivity contribution in [1.82, 2.24) is 4.90 Å². The minimum absolute atomic E-state index is 0.0220. The first-order valence-corrected chi connectivity index (χ1v) is 7.01. The zero-order valence-electron chi connectivity index (χ0n) is 11.2. The number of thioether (sulfide) groups is 1. The lowest BCUT2D eigenvalue weighted by Gasteiger charge is -2.15. The normalized spacial score (nSPS) is 18.0. The number of aromatic hydroxyl groups is 1. The fourth-order valence-corrected chi connectivity index (χ4v) is 2.76. The number of phenols is 1. The Morgan fingerprint density at radius 3 is 2.90 bits per heavy atom. The quantitative estimate of drug-likeness (QED) is 0.793. The maximum absolute atomic E-state index is 12.0. The molecule has 1 atom stereocenters. The first-order chi connectivity index (χ1) is 10.0. The Balaban J connectivity index is 1.96. The molecule has 0 spiro atoms. The number of anilines is 1. The Kier molecular flexibility index (Phi) is 4.69. The monoisotopic (exact) mass is 310 g/mol. The summed E-state index contributed by atoms with van der Waals surface area (Å²) in [7, 11) is 1.23. The van der Waals surface area contributed by atoms with Gasteiger partial charge in [-0.15, -0.1) is 0 Å². The SMILES string of the molecule is COC(=O)CC1SC(=O)N(CNc2cccc(O)c2)C1=O. The second-order valence-corrected chi connectivity index (χ2v) is 5.46. The minimum Gasteiger partial charge on any atom is -0.508 e. The molecule has 0 aromatic heterocycles. The Bertz CT molecular complexity index is 577. The molecule has 21 heavy (non-hydrogen) atoms. The van der Waals surface area contributed by atoms with Crippen molar-refractivity contribution in [3.05, 3.63) is 24.3 Å². The molecule has 1 aliphatic rings. The van der Waals surface area contributed by atoms with E-state index in [0.29, 0.717) is 5.69 Å². The Hall–Kier alpha value is -2.22. The summed E-state index contributed by atoms with van der Waals surface area (Å²) in [5.74, 6) is -0.878. The van der Waals surface area contributed by atoms with Crippen LogP contribution in [0.1, 0.15) is 6.42 Å². The molecule has 1 aliphatic heterocycles. The molecule has 2 N–H and O–H groups in total. The molecular formula is C13H14N2O5S. The number of carbonyl (C=O) groups is 3. The number of hydrogen-bond acceptors (Lipinski definition) is 7. The number of amides is 2. The molecule has 8 heteroatoms. The van der Waals surface area contributed by atoms with Crippen LogP contribution in [0.3, 0.4) is 0 Å². The van der Waals surface area contributed by atoms with Gasteiger partial charge in [-0.2, -0.15) is 0 Å². The van der Waals surface area contributed by atoms with Gasteiger partial charge in [0.05, 0.1) is 20.2 Å². The van der Waals surface area contributed by atoms with E-state index in [9.17, 15) is 19.5 Å². The highest BCUT2D eigenvalue weighted by atomic mass is 32.2. The van der Waals surface area contributed by atoms with Crippen molar-refractivity contribution in [1.29, 1.82) is 0 Å². The van der Waals surface area contributed by atoms with Gasteiger partial charge in [-0.1, -0.05) is 17.8 Å². The van der Waals surface area contributed by atoms with E-state index in [4.69, 9.17) is 0 Å². The summed E-state index contributed by atoms with van der Waals surface area (Å²) in [5.41, 5.74) is 0.581. The van der Waals surface area contributed by atoms with Gasteiger partial charge in [0.25, 0.3) is 5.24 Å². The number of imide groups is 1. The Morgan fingerprint density at radius 1 is 1.48 bits per heavy atom. The van der Waals surface area contributed by atoms with Crippen LogP contribution in [-0.2, 0) is 14.3 Å². The molecule has 1 unspecified atom stereocenters. The van der Waals surface area contributed by atoms with Gasteiger partial charge >= 0.3 is 5.97 Å². The molecule has 7 nitrogen and oxygen atoms in total. The average molecular weight is 310 g/mol. The maximum atomic E-state index is 12.0. The van der Waals surface area contributed by atoms with Crippen molar-refractivity contribution in [3.63, 3.8) is 0 Å². The van der Waals surface area contributed by atoms with Crippen LogP contribution < -0.4 is 5.32 Å². The molecule has 2 rings (SSSR count). The van der Waals surface area contributed by atoms with Gasteiger partial charge in [-0.05, 0) is 12.1 Å². The van der Waals surface area contributed by atoms with Crippen LogP contribution in [0, 0.1) is 0 Å². The summed E-state index contributed by atoms with van der Waals surface area (Å²) in [6.45, 7) is -0.0220. The number of esters is 1. The van der Waals surface area contributed by atoms with E-state index in [2.05, 4.69) is 10.1 Å². The van der Waals surface area contributed by atoms with Crippen LogP contribution in [0.2, 0.25) is 0 Å². The van der Waals surface area contributed by atoms with E-state index in [1.54, 1.807) is 12.1 Å². The van der Waals surface area contributed by atoms with Crippen molar-refractivity contribution < 1.29 is 24.2 Å². The van der Waals surface area contributed by atoms with Crippen molar-refractivity contribution in [2.75, 3.05) is 19.1 Å². The number of phenolic OH excluding ortho intramolecular Hbond substituents is 1. The minimum atomic E-state index is -0.740. The number of hydrogen-bond donors (Lipinski definition) is 2. The van der Waals surface area contributed by atoms with E-state index in [-0.39, 0.29) is 18.8 Å². The largest absolute Gasteiger partial charge is 0.508 e. The molecule has 1 aromatic rings. The van der Waals surface area contributed by atoms with E-state index in [1.807, 2.05) is 0 Å². The van der Waals surface area contributed by atoms with Gasteiger partial charge in [0.15, 0.2) is 0 Å². The van der Waals surface area contributed by atoms with Crippen LogP contribution in [-0.4, -0.2) is 46.2 Å². The maximum Gasteiger partial charge on any atom is 0.307 e. The van der Waals surface area contributed by atoms with Crippen LogP contribution in [0.5, 0.6) is 5.75 Å². The second-order valence-electron chi connectivity index (χ2n) is 4.30. The Morgan fingerprint density at radius 2 is 2.24 bits per heavy atom. The van der Waals surface area contributed by atoms with Gasteiger partial charge in [-0.3, -0.25) is 19.3 Å². The number of carbonyl (C=O) groups excluding carboxylic acids is 3. The molecular weight excluding hydrogens is 296 g/mol. The third-order valence-corrected chi connectivity index (χ3v) is 3.95. The lowest BCUT2D eigenvalue weighted by Crippen LogP contribution is -2.36. The highest BCUT2D eigenvalue weighted by Gasteiger charge is 2.40. The zero-order valence-corrected chi connectivity index (χ0v) is 12.1. The Labute approximate surface area is 125 Å². The number of nitrogens with zero attached hydrogens (tertiary/aromatic N) is 1. The first kappa shape index (κ1) is 15.2.